The van der Waals surface area contributed by atoms with E-state index in [0.29, 0.717) is 0 Å². The molecule has 1 aliphatic rings. The monoisotopic (exact) mass is 288 g/mol. The highest BCUT2D eigenvalue weighted by Gasteiger charge is 2.23. The quantitative estimate of drug-likeness (QED) is 0.718. The molecule has 2 aromatic carbocycles. The second-order valence-electron chi connectivity index (χ2n) is 4.72. The van der Waals surface area contributed by atoms with Crippen LogP contribution in [-0.2, 0) is 0 Å². The van der Waals surface area contributed by atoms with Crippen LogP contribution in [0.25, 0.3) is 0 Å². The Labute approximate surface area is 125 Å². The standard InChI is InChI=1S/C15H16N4.ClH/c1-12-3-7-14(8-4-12)18-16-11-17-19(18)15-9-5-13(2)6-10-15;/h3-11H,1-2H3,(H,16,17);1H. The van der Waals surface area contributed by atoms with Crippen LogP contribution < -0.4 is 28.1 Å². The molecule has 0 aliphatic carbocycles. The summed E-state index contributed by atoms with van der Waals surface area (Å²) in [6.07, 6.45) is 1.81. The largest absolute Gasteiger partial charge is 1.00 e. The van der Waals surface area contributed by atoms with Crippen molar-refractivity contribution in [1.29, 1.82) is 0 Å². The summed E-state index contributed by atoms with van der Waals surface area (Å²) in [6.45, 7) is 4.17. The molecule has 0 radical (unpaired) electrons. The fourth-order valence-electron chi connectivity index (χ4n) is 2.04. The molecule has 3 rings (SSSR count). The van der Waals surface area contributed by atoms with E-state index in [2.05, 4.69) is 67.5 Å². The van der Waals surface area contributed by atoms with Gasteiger partial charge in [0.1, 0.15) is 5.69 Å². The maximum Gasteiger partial charge on any atom is 0.233 e. The van der Waals surface area contributed by atoms with E-state index < -0.39 is 0 Å². The van der Waals surface area contributed by atoms with Crippen LogP contribution in [0.15, 0.2) is 53.6 Å². The van der Waals surface area contributed by atoms with E-state index >= 15 is 0 Å². The normalized spacial score (nSPS) is 13.5. The topological polar surface area (TPSA) is 35.5 Å². The average Bonchev–Trinajstić information content (AvgIpc) is 2.90. The molecule has 0 atom stereocenters. The predicted octanol–water partition coefficient (Wildman–Crippen LogP) is -1.03. The first kappa shape index (κ1) is 14.4. The van der Waals surface area contributed by atoms with Gasteiger partial charge in [-0.3, -0.25) is 0 Å². The molecule has 2 aromatic rings. The highest BCUT2D eigenvalue weighted by Crippen LogP contribution is 2.21. The molecule has 0 bridgehead atoms. The highest BCUT2D eigenvalue weighted by molar-refractivity contribution is 5.62. The number of benzene rings is 2. The summed E-state index contributed by atoms with van der Waals surface area (Å²) in [6, 6.07) is 16.8. The van der Waals surface area contributed by atoms with Crippen molar-refractivity contribution in [2.45, 2.75) is 13.8 Å². The van der Waals surface area contributed by atoms with Gasteiger partial charge in [-0.2, -0.15) is 5.43 Å². The number of rotatable bonds is 2. The van der Waals surface area contributed by atoms with Crippen molar-refractivity contribution < 1.29 is 17.8 Å². The van der Waals surface area contributed by atoms with Gasteiger partial charge >= 0.3 is 0 Å². The summed E-state index contributed by atoms with van der Waals surface area (Å²) in [4.78, 5) is 0. The lowest BCUT2D eigenvalue weighted by molar-refractivity contribution is -0.537. The van der Waals surface area contributed by atoms with Crippen LogP contribution in [0.1, 0.15) is 11.1 Å². The van der Waals surface area contributed by atoms with E-state index in [1.54, 1.807) is 6.34 Å². The number of hydrogen-bond acceptors (Lipinski definition) is 3. The van der Waals surface area contributed by atoms with Crippen molar-refractivity contribution in [3.8, 4) is 0 Å². The zero-order chi connectivity index (χ0) is 13.2. The van der Waals surface area contributed by atoms with E-state index in [1.807, 2.05) is 15.7 Å². The molecule has 0 aromatic heterocycles. The van der Waals surface area contributed by atoms with E-state index in [-0.39, 0.29) is 12.4 Å². The van der Waals surface area contributed by atoms with Crippen LogP contribution in [-0.4, -0.2) is 6.34 Å². The fraction of sp³-hybridized carbons (Fsp3) is 0.133. The number of halogens is 1. The van der Waals surface area contributed by atoms with E-state index in [4.69, 9.17) is 0 Å². The zero-order valence-corrected chi connectivity index (χ0v) is 12.2. The lowest BCUT2D eigenvalue weighted by Crippen LogP contribution is -3.00. The van der Waals surface area contributed by atoms with E-state index in [0.717, 1.165) is 11.4 Å². The van der Waals surface area contributed by atoms with Crippen molar-refractivity contribution in [1.82, 2.24) is 0 Å². The summed E-state index contributed by atoms with van der Waals surface area (Å²) in [5.41, 5.74) is 6.62. The van der Waals surface area contributed by atoms with Gasteiger partial charge in [-0.1, -0.05) is 40.5 Å². The molecule has 0 unspecified atom stereocenters. The van der Waals surface area contributed by atoms with Gasteiger partial charge in [0.05, 0.1) is 5.69 Å². The molecule has 5 heteroatoms. The summed E-state index contributed by atoms with van der Waals surface area (Å²) in [5.74, 6) is 0. The zero-order valence-electron chi connectivity index (χ0n) is 11.5. The highest BCUT2D eigenvalue weighted by atomic mass is 35.5. The second-order valence-corrected chi connectivity index (χ2v) is 4.72. The predicted molar refractivity (Wildman–Crippen MR) is 77.7 cm³/mol. The van der Waals surface area contributed by atoms with Crippen molar-refractivity contribution >= 4 is 17.7 Å². The average molecular weight is 289 g/mol. The van der Waals surface area contributed by atoms with Gasteiger partial charge in [0, 0.05) is 0 Å². The Morgan fingerprint density at radius 2 is 1.30 bits per heavy atom. The van der Waals surface area contributed by atoms with Crippen LogP contribution in [0.2, 0.25) is 0 Å². The minimum Gasteiger partial charge on any atom is -1.00 e. The molecule has 2 N–H and O–H groups in total. The molecule has 1 heterocycles. The van der Waals surface area contributed by atoms with Gasteiger partial charge < -0.3 is 12.4 Å². The Morgan fingerprint density at radius 1 is 0.800 bits per heavy atom. The molecule has 0 spiro atoms. The molecule has 4 nitrogen and oxygen atoms in total. The van der Waals surface area contributed by atoms with Crippen LogP contribution in [0.5, 0.6) is 0 Å². The van der Waals surface area contributed by atoms with Crippen molar-refractivity contribution in [3.05, 3.63) is 59.7 Å². The Morgan fingerprint density at radius 3 is 1.85 bits per heavy atom. The minimum absolute atomic E-state index is 0. The third kappa shape index (κ3) is 2.76. The Kier molecular flexibility index (Phi) is 4.27. The van der Waals surface area contributed by atoms with Gasteiger partial charge in [0.2, 0.25) is 6.34 Å². The molecule has 0 fully saturated rings. The maximum atomic E-state index is 4.39. The molecule has 0 saturated carbocycles. The van der Waals surface area contributed by atoms with Crippen molar-refractivity contribution in [2.75, 3.05) is 10.2 Å². The van der Waals surface area contributed by atoms with Crippen LogP contribution in [0.4, 0.5) is 11.4 Å². The molecule has 0 saturated heterocycles. The number of nitrogens with two attached hydrogens (primary N) is 1. The first-order valence-electron chi connectivity index (χ1n) is 6.34. The summed E-state index contributed by atoms with van der Waals surface area (Å²) in [5, 5.41) is 8.32. The van der Waals surface area contributed by atoms with E-state index in [1.165, 1.54) is 11.1 Å². The van der Waals surface area contributed by atoms with Gasteiger partial charge in [0.25, 0.3) is 0 Å². The number of hydrazine groups is 1. The molecular formula is C15H17ClN4. The second kappa shape index (κ2) is 5.94. The van der Waals surface area contributed by atoms with E-state index in [9.17, 15) is 0 Å². The first-order valence-corrected chi connectivity index (χ1v) is 6.34. The summed E-state index contributed by atoms with van der Waals surface area (Å²) in [7, 11) is 0. The number of anilines is 2. The first-order chi connectivity index (χ1) is 9.24. The third-order valence-corrected chi connectivity index (χ3v) is 3.15. The number of nitrogens with zero attached hydrogens (tertiary/aromatic N) is 3. The van der Waals surface area contributed by atoms with Crippen LogP contribution >= 0.6 is 0 Å². The smallest absolute Gasteiger partial charge is 0.233 e. The Hall–Kier alpha value is -2.04. The molecular weight excluding hydrogens is 272 g/mol. The van der Waals surface area contributed by atoms with Crippen LogP contribution in [0, 0.1) is 13.8 Å². The van der Waals surface area contributed by atoms with Gasteiger partial charge in [-0.15, -0.1) is 10.2 Å². The van der Waals surface area contributed by atoms with Gasteiger partial charge in [0.15, 0.2) is 0 Å². The third-order valence-electron chi connectivity index (χ3n) is 3.15. The fourth-order valence-corrected chi connectivity index (χ4v) is 2.04. The lowest BCUT2D eigenvalue weighted by Gasteiger charge is -2.23. The molecule has 0 amide bonds. The Balaban J connectivity index is 0.00000147. The molecule has 1 aliphatic heterocycles. The van der Waals surface area contributed by atoms with Crippen molar-refractivity contribution in [2.24, 2.45) is 5.10 Å². The maximum absolute atomic E-state index is 4.39. The van der Waals surface area contributed by atoms with Gasteiger partial charge in [-0.05, 0) is 38.1 Å². The SMILES string of the molecule is Cc1ccc(N2N=C[NH2+]N2c2ccc(C)cc2)cc1.[Cl-]. The van der Waals surface area contributed by atoms with Crippen molar-refractivity contribution in [3.63, 3.8) is 0 Å². The van der Waals surface area contributed by atoms with Crippen LogP contribution in [0.3, 0.4) is 0 Å². The minimum atomic E-state index is 0. The van der Waals surface area contributed by atoms with Gasteiger partial charge in [-0.25, -0.2) is 0 Å². The summed E-state index contributed by atoms with van der Waals surface area (Å²) >= 11 is 0. The number of hydrazone groups is 1. The molecule has 104 valence electrons. The summed E-state index contributed by atoms with van der Waals surface area (Å²) < 4.78 is 0. The molecule has 20 heavy (non-hydrogen) atoms. The number of aryl methyl sites for hydroxylation is 2. The Bertz CT molecular complexity index is 592. The lowest BCUT2D eigenvalue weighted by atomic mass is 10.2. The number of hydrogen-bond donors (Lipinski definition) is 1. The number of quaternary nitrogens is 1.